The summed E-state index contributed by atoms with van der Waals surface area (Å²) in [5.74, 6) is -10.2. The number of carbonyl (C=O) groups excluding carboxylic acids is 4. The molecule has 3 saturated heterocycles. The first kappa shape index (κ1) is 28.0. The number of fused-ring (bicyclic) bond motifs is 3. The second-order valence-electron chi connectivity index (χ2n) is 10.8. The molecule has 38 heavy (non-hydrogen) atoms. The minimum atomic E-state index is -5.25. The Morgan fingerprint density at radius 3 is 2.34 bits per heavy atom. The Bertz CT molecular complexity index is 1010. The molecule has 2 bridgehead atoms. The monoisotopic (exact) mass is 547 g/mol. The molecule has 0 aromatic rings. The number of piperidine rings is 2. The van der Waals surface area contributed by atoms with Crippen LogP contribution in [0.25, 0.3) is 0 Å². The van der Waals surface area contributed by atoms with Gasteiger partial charge in [0.15, 0.2) is 0 Å². The zero-order chi connectivity index (χ0) is 27.8. The smallest absolute Gasteiger partial charge is 0.356 e. The number of nitrogens with zero attached hydrogens (tertiary/aromatic N) is 2. The standard InChI is InChI=1S/C24H30F5N5O4/c25-23(26)10-15-4-5-16(23)18(20(36)32-14(11-30)9-13-6-7-31-19(13)35)34(15)21(37)17(8-12-2-1-3-12)33-22(38)24(27,28)29/h12-18H,1-10H2,(H,31,35)(H,32,36)(H,33,38)/t13-,14+,15-,16-,17+,18-/m1/s1. The lowest BCUT2D eigenvalue weighted by molar-refractivity contribution is -0.196. The summed E-state index contributed by atoms with van der Waals surface area (Å²) in [6.07, 6.45) is -3.56. The van der Waals surface area contributed by atoms with Gasteiger partial charge in [-0.15, -0.1) is 0 Å². The largest absolute Gasteiger partial charge is 0.471 e. The van der Waals surface area contributed by atoms with Gasteiger partial charge in [0.1, 0.15) is 18.1 Å². The van der Waals surface area contributed by atoms with Crippen LogP contribution in [-0.2, 0) is 19.2 Å². The predicted octanol–water partition coefficient (Wildman–Crippen LogP) is 1.77. The maximum Gasteiger partial charge on any atom is 0.471 e. The van der Waals surface area contributed by atoms with Crippen molar-refractivity contribution < 1.29 is 41.1 Å². The number of nitriles is 1. The average molecular weight is 548 g/mol. The van der Waals surface area contributed by atoms with Gasteiger partial charge in [-0.1, -0.05) is 19.3 Å². The Kier molecular flexibility index (Phi) is 7.86. The van der Waals surface area contributed by atoms with E-state index in [0.29, 0.717) is 25.8 Å². The van der Waals surface area contributed by atoms with Crippen molar-refractivity contribution in [2.45, 2.75) is 94.1 Å². The lowest BCUT2D eigenvalue weighted by Gasteiger charge is -2.54. The summed E-state index contributed by atoms with van der Waals surface area (Å²) < 4.78 is 68.9. The van der Waals surface area contributed by atoms with Crippen LogP contribution < -0.4 is 16.0 Å². The molecule has 5 fully saturated rings. The molecular weight excluding hydrogens is 517 g/mol. The van der Waals surface area contributed by atoms with Gasteiger partial charge in [0, 0.05) is 24.9 Å². The molecular formula is C24H30F5N5O4. The minimum Gasteiger partial charge on any atom is -0.356 e. The van der Waals surface area contributed by atoms with E-state index in [9.17, 15) is 46.4 Å². The first-order valence-corrected chi connectivity index (χ1v) is 12.9. The summed E-state index contributed by atoms with van der Waals surface area (Å²) >= 11 is 0. The molecule has 2 aliphatic carbocycles. The van der Waals surface area contributed by atoms with E-state index in [-0.39, 0.29) is 37.5 Å². The predicted molar refractivity (Wildman–Crippen MR) is 120 cm³/mol. The average Bonchev–Trinajstić information content (AvgIpc) is 3.21. The van der Waals surface area contributed by atoms with Gasteiger partial charge in [-0.2, -0.15) is 18.4 Å². The normalized spacial score (nSPS) is 30.0. The van der Waals surface area contributed by atoms with Crippen molar-refractivity contribution in [3.05, 3.63) is 0 Å². The summed E-state index contributed by atoms with van der Waals surface area (Å²) in [5.41, 5.74) is 0. The molecule has 3 aliphatic heterocycles. The van der Waals surface area contributed by atoms with Crippen LogP contribution in [0.2, 0.25) is 0 Å². The van der Waals surface area contributed by atoms with Gasteiger partial charge >= 0.3 is 12.1 Å². The Balaban J connectivity index is 1.58. The van der Waals surface area contributed by atoms with Crippen molar-refractivity contribution in [3.63, 3.8) is 0 Å². The SMILES string of the molecule is N#C[C@H](C[C@H]1CCNC1=O)NC(=O)[C@H]1[C@H]2CC[C@H](CC2(F)F)N1C(=O)[C@H](CC1CCC1)NC(=O)C(F)(F)F. The van der Waals surface area contributed by atoms with Gasteiger partial charge in [0.25, 0.3) is 5.92 Å². The molecule has 0 aromatic carbocycles. The van der Waals surface area contributed by atoms with Gasteiger partial charge in [-0.3, -0.25) is 19.2 Å². The van der Waals surface area contributed by atoms with Crippen LogP contribution in [0.5, 0.6) is 0 Å². The number of nitrogens with one attached hydrogen (secondary N) is 3. The first-order chi connectivity index (χ1) is 17.8. The molecule has 9 nitrogen and oxygen atoms in total. The number of carbonyl (C=O) groups is 4. The molecule has 210 valence electrons. The summed E-state index contributed by atoms with van der Waals surface area (Å²) in [6, 6.07) is -3.83. The van der Waals surface area contributed by atoms with E-state index >= 15 is 0 Å². The highest BCUT2D eigenvalue weighted by molar-refractivity contribution is 5.94. The van der Waals surface area contributed by atoms with E-state index in [1.54, 1.807) is 5.32 Å². The third kappa shape index (κ3) is 5.71. The number of hydrogen-bond acceptors (Lipinski definition) is 5. The van der Waals surface area contributed by atoms with Gasteiger partial charge in [-0.25, -0.2) is 8.78 Å². The van der Waals surface area contributed by atoms with Gasteiger partial charge in [0.05, 0.1) is 12.0 Å². The molecule has 4 amide bonds. The maximum absolute atomic E-state index is 14.9. The lowest BCUT2D eigenvalue weighted by Crippen LogP contribution is -2.71. The lowest BCUT2D eigenvalue weighted by atomic mass is 9.71. The molecule has 5 rings (SSSR count). The molecule has 0 aromatic heterocycles. The number of halogens is 5. The zero-order valence-electron chi connectivity index (χ0n) is 20.5. The number of amides is 4. The Morgan fingerprint density at radius 1 is 1.11 bits per heavy atom. The number of hydrogen-bond donors (Lipinski definition) is 3. The van der Waals surface area contributed by atoms with E-state index in [1.807, 2.05) is 6.07 Å². The number of rotatable bonds is 8. The van der Waals surface area contributed by atoms with Crippen LogP contribution in [0.1, 0.15) is 57.8 Å². The van der Waals surface area contributed by atoms with Crippen molar-refractivity contribution in [1.82, 2.24) is 20.9 Å². The van der Waals surface area contributed by atoms with E-state index in [2.05, 4.69) is 10.6 Å². The van der Waals surface area contributed by atoms with Crippen molar-refractivity contribution in [2.75, 3.05) is 6.54 Å². The summed E-state index contributed by atoms with van der Waals surface area (Å²) in [4.78, 5) is 51.5. The fourth-order valence-corrected chi connectivity index (χ4v) is 6.08. The van der Waals surface area contributed by atoms with E-state index < -0.39 is 72.2 Å². The highest BCUT2D eigenvalue weighted by atomic mass is 19.4. The molecule has 6 atom stereocenters. The van der Waals surface area contributed by atoms with E-state index in [1.165, 1.54) is 0 Å². The maximum atomic E-state index is 14.9. The third-order valence-electron chi connectivity index (χ3n) is 8.27. The molecule has 14 heteroatoms. The van der Waals surface area contributed by atoms with Crippen molar-refractivity contribution in [1.29, 1.82) is 5.26 Å². The van der Waals surface area contributed by atoms with Crippen molar-refractivity contribution in [3.8, 4) is 6.07 Å². The van der Waals surface area contributed by atoms with Crippen molar-refractivity contribution >= 4 is 23.6 Å². The topological polar surface area (TPSA) is 131 Å². The molecule has 0 radical (unpaired) electrons. The summed E-state index contributed by atoms with van der Waals surface area (Å²) in [6.45, 7) is 0.405. The van der Waals surface area contributed by atoms with Crippen LogP contribution in [0, 0.1) is 29.1 Å². The summed E-state index contributed by atoms with van der Waals surface area (Å²) in [5, 5.41) is 16.3. The first-order valence-electron chi connectivity index (χ1n) is 12.9. The fourth-order valence-electron chi connectivity index (χ4n) is 6.08. The van der Waals surface area contributed by atoms with E-state index in [0.717, 1.165) is 11.3 Å². The van der Waals surface area contributed by atoms with Crippen LogP contribution in [0.4, 0.5) is 22.0 Å². The van der Waals surface area contributed by atoms with Gasteiger partial charge in [-0.05, 0) is 38.0 Å². The molecule has 3 N–H and O–H groups in total. The highest BCUT2D eigenvalue weighted by Crippen LogP contribution is 2.49. The van der Waals surface area contributed by atoms with Gasteiger partial charge < -0.3 is 20.9 Å². The van der Waals surface area contributed by atoms with Crippen molar-refractivity contribution in [2.24, 2.45) is 17.8 Å². The molecule has 3 heterocycles. The van der Waals surface area contributed by atoms with E-state index in [4.69, 9.17) is 0 Å². The number of alkyl halides is 5. The Hall–Kier alpha value is -2.98. The minimum absolute atomic E-state index is 0.0504. The molecule has 0 spiro atoms. The molecule has 0 unspecified atom stereocenters. The Morgan fingerprint density at radius 2 is 1.82 bits per heavy atom. The zero-order valence-corrected chi connectivity index (χ0v) is 20.5. The highest BCUT2D eigenvalue weighted by Gasteiger charge is 2.61. The summed E-state index contributed by atoms with van der Waals surface area (Å²) in [7, 11) is 0. The molecule has 5 aliphatic rings. The van der Waals surface area contributed by atoms with Gasteiger partial charge in [0.2, 0.25) is 17.7 Å². The Labute approximate surface area is 215 Å². The van der Waals surface area contributed by atoms with Crippen LogP contribution in [-0.4, -0.2) is 71.3 Å². The second-order valence-corrected chi connectivity index (χ2v) is 10.8. The fraction of sp³-hybridized carbons (Fsp3) is 0.792. The van der Waals surface area contributed by atoms with Crippen LogP contribution in [0.15, 0.2) is 0 Å². The molecule has 2 saturated carbocycles. The van der Waals surface area contributed by atoms with Crippen LogP contribution >= 0.6 is 0 Å². The third-order valence-corrected chi connectivity index (χ3v) is 8.27. The van der Waals surface area contributed by atoms with Crippen LogP contribution in [0.3, 0.4) is 0 Å². The quantitative estimate of drug-likeness (QED) is 0.399. The second kappa shape index (κ2) is 10.6.